The molecular weight excluding hydrogens is 343 g/mol. The molecule has 1 unspecified atom stereocenters. The summed E-state index contributed by atoms with van der Waals surface area (Å²) in [6, 6.07) is 4.22. The first-order valence-electron chi connectivity index (χ1n) is 6.89. The number of aromatic amines is 1. The molecule has 2 aromatic rings. The molecule has 0 bridgehead atoms. The summed E-state index contributed by atoms with van der Waals surface area (Å²) in [4.78, 5) is 25.5. The Labute approximate surface area is 141 Å². The quantitative estimate of drug-likeness (QED) is 0.882. The van der Waals surface area contributed by atoms with E-state index in [1.165, 1.54) is 6.07 Å². The molecule has 23 heavy (non-hydrogen) atoms. The second-order valence-electron chi connectivity index (χ2n) is 5.15. The Bertz CT molecular complexity index is 777. The number of likely N-dealkylation sites (tertiary alicyclic amines) is 1. The van der Waals surface area contributed by atoms with E-state index < -0.39 is 12.0 Å². The van der Waals surface area contributed by atoms with Crippen LogP contribution in [0.2, 0.25) is 10.0 Å². The molecule has 2 N–H and O–H groups in total. The summed E-state index contributed by atoms with van der Waals surface area (Å²) < 4.78 is 0. The number of benzene rings is 1. The summed E-state index contributed by atoms with van der Waals surface area (Å²) in [5.74, 6) is -1.42. The van der Waals surface area contributed by atoms with Crippen LogP contribution in [0.15, 0.2) is 18.2 Å². The molecule has 1 aromatic heterocycles. The van der Waals surface area contributed by atoms with Crippen LogP contribution >= 0.6 is 23.2 Å². The summed E-state index contributed by atoms with van der Waals surface area (Å²) >= 11 is 11.8. The average Bonchev–Trinajstić information content (AvgIpc) is 3.16. The van der Waals surface area contributed by atoms with Gasteiger partial charge in [-0.05, 0) is 31.0 Å². The van der Waals surface area contributed by atoms with Crippen molar-refractivity contribution in [2.45, 2.75) is 18.9 Å². The van der Waals surface area contributed by atoms with Crippen molar-refractivity contribution >= 4 is 35.1 Å². The van der Waals surface area contributed by atoms with Crippen molar-refractivity contribution in [3.05, 3.63) is 45.2 Å². The van der Waals surface area contributed by atoms with Gasteiger partial charge in [0.05, 0.1) is 16.1 Å². The number of aromatic carboxylic acids is 1. The van der Waals surface area contributed by atoms with Crippen molar-refractivity contribution in [3.63, 3.8) is 0 Å². The van der Waals surface area contributed by atoms with Gasteiger partial charge in [-0.2, -0.15) is 10.3 Å². The minimum atomic E-state index is -1.18. The summed E-state index contributed by atoms with van der Waals surface area (Å²) in [6.45, 7) is 0.510. The van der Waals surface area contributed by atoms with Crippen molar-refractivity contribution in [1.29, 1.82) is 0 Å². The predicted molar refractivity (Wildman–Crippen MR) is 82.8 cm³/mol. The van der Waals surface area contributed by atoms with Gasteiger partial charge in [-0.15, -0.1) is 5.10 Å². The number of hydrogen-bond acceptors (Lipinski definition) is 4. The van der Waals surface area contributed by atoms with Crippen molar-refractivity contribution in [2.75, 3.05) is 6.54 Å². The van der Waals surface area contributed by atoms with Gasteiger partial charge in [0, 0.05) is 12.1 Å². The fourth-order valence-corrected chi connectivity index (χ4v) is 3.02. The van der Waals surface area contributed by atoms with Crippen LogP contribution in [-0.2, 0) is 0 Å². The fourth-order valence-electron chi connectivity index (χ4n) is 2.72. The second kappa shape index (κ2) is 6.17. The summed E-state index contributed by atoms with van der Waals surface area (Å²) in [5.41, 5.74) is 0.499. The molecule has 1 aliphatic rings. The van der Waals surface area contributed by atoms with E-state index in [0.717, 1.165) is 6.42 Å². The van der Waals surface area contributed by atoms with E-state index in [1.807, 2.05) is 0 Å². The molecule has 9 heteroatoms. The Balaban J connectivity index is 1.92. The van der Waals surface area contributed by atoms with Crippen LogP contribution < -0.4 is 0 Å². The number of carboxylic acids is 1. The van der Waals surface area contributed by atoms with Crippen LogP contribution in [0.1, 0.15) is 45.4 Å². The lowest BCUT2D eigenvalue weighted by molar-refractivity contribution is 0.0671. The van der Waals surface area contributed by atoms with Gasteiger partial charge >= 0.3 is 5.97 Å². The van der Waals surface area contributed by atoms with E-state index in [0.29, 0.717) is 28.6 Å². The van der Waals surface area contributed by atoms with E-state index in [4.69, 9.17) is 28.3 Å². The number of rotatable bonds is 3. The Morgan fingerprint density at radius 2 is 2.04 bits per heavy atom. The largest absolute Gasteiger partial charge is 0.476 e. The number of amides is 1. The molecule has 3 rings (SSSR count). The SMILES string of the molecule is O=C(O)c1n[nH]nc1C1CCCN1C(=O)c1ccc(Cl)c(Cl)c1. The minimum absolute atomic E-state index is 0.163. The lowest BCUT2D eigenvalue weighted by atomic mass is 10.1. The van der Waals surface area contributed by atoms with Gasteiger partial charge in [-0.3, -0.25) is 4.79 Å². The number of hydrogen-bond donors (Lipinski definition) is 2. The monoisotopic (exact) mass is 354 g/mol. The number of nitrogens with zero attached hydrogens (tertiary/aromatic N) is 3. The molecule has 1 amide bonds. The summed E-state index contributed by atoms with van der Waals surface area (Å²) in [7, 11) is 0. The van der Waals surface area contributed by atoms with Crippen LogP contribution in [0.5, 0.6) is 0 Å². The van der Waals surface area contributed by atoms with Crippen LogP contribution in [0, 0.1) is 0 Å². The Morgan fingerprint density at radius 1 is 1.26 bits per heavy atom. The predicted octanol–water partition coefficient (Wildman–Crippen LogP) is 2.79. The molecule has 1 atom stereocenters. The maximum absolute atomic E-state index is 12.7. The number of carbonyl (C=O) groups excluding carboxylic acids is 1. The van der Waals surface area contributed by atoms with E-state index in [-0.39, 0.29) is 17.3 Å². The molecule has 1 saturated heterocycles. The van der Waals surface area contributed by atoms with E-state index in [1.54, 1.807) is 17.0 Å². The highest BCUT2D eigenvalue weighted by atomic mass is 35.5. The number of carboxylic acid groups (broad SMARTS) is 1. The van der Waals surface area contributed by atoms with Gasteiger partial charge in [0.1, 0.15) is 5.69 Å². The molecule has 0 spiro atoms. The molecular formula is C14H12Cl2N4O3. The molecule has 1 aliphatic heterocycles. The van der Waals surface area contributed by atoms with Crippen LogP contribution in [0.25, 0.3) is 0 Å². The maximum Gasteiger partial charge on any atom is 0.358 e. The van der Waals surface area contributed by atoms with Gasteiger partial charge in [0.2, 0.25) is 0 Å². The van der Waals surface area contributed by atoms with Crippen LogP contribution in [0.4, 0.5) is 0 Å². The summed E-state index contributed by atoms with van der Waals surface area (Å²) in [5, 5.41) is 19.7. The first kappa shape index (κ1) is 15.8. The third-order valence-corrected chi connectivity index (χ3v) is 4.51. The molecule has 7 nitrogen and oxygen atoms in total. The van der Waals surface area contributed by atoms with Gasteiger partial charge in [0.15, 0.2) is 5.69 Å². The van der Waals surface area contributed by atoms with Crippen LogP contribution in [-0.4, -0.2) is 43.8 Å². The molecule has 0 radical (unpaired) electrons. The first-order chi connectivity index (χ1) is 11.0. The normalized spacial score (nSPS) is 17.5. The average molecular weight is 355 g/mol. The molecule has 1 aromatic carbocycles. The number of halogens is 2. The molecule has 120 valence electrons. The van der Waals surface area contributed by atoms with Crippen molar-refractivity contribution in [1.82, 2.24) is 20.3 Å². The van der Waals surface area contributed by atoms with Crippen molar-refractivity contribution < 1.29 is 14.7 Å². The Morgan fingerprint density at radius 3 is 2.74 bits per heavy atom. The maximum atomic E-state index is 12.7. The van der Waals surface area contributed by atoms with E-state index in [2.05, 4.69) is 15.4 Å². The highest BCUT2D eigenvalue weighted by molar-refractivity contribution is 6.42. The smallest absolute Gasteiger partial charge is 0.358 e. The van der Waals surface area contributed by atoms with E-state index >= 15 is 0 Å². The molecule has 0 saturated carbocycles. The lowest BCUT2D eigenvalue weighted by Gasteiger charge is -2.23. The molecule has 0 aliphatic carbocycles. The van der Waals surface area contributed by atoms with Crippen LogP contribution in [0.3, 0.4) is 0 Å². The first-order valence-corrected chi connectivity index (χ1v) is 7.64. The lowest BCUT2D eigenvalue weighted by Crippen LogP contribution is -2.31. The third-order valence-electron chi connectivity index (χ3n) is 3.77. The van der Waals surface area contributed by atoms with Gasteiger partial charge in [0.25, 0.3) is 5.91 Å². The number of H-pyrrole nitrogens is 1. The van der Waals surface area contributed by atoms with Gasteiger partial charge in [-0.1, -0.05) is 23.2 Å². The second-order valence-corrected chi connectivity index (χ2v) is 5.96. The zero-order chi connectivity index (χ0) is 16.6. The standard InChI is InChI=1S/C14H12Cl2N4O3/c15-8-4-3-7(6-9(8)16)13(21)20-5-1-2-10(20)11-12(14(22)23)18-19-17-11/h3-4,6,10H,1-2,5H2,(H,22,23)(H,17,18,19). The van der Waals surface area contributed by atoms with Crippen molar-refractivity contribution in [3.8, 4) is 0 Å². The Kier molecular flexibility index (Phi) is 4.23. The highest BCUT2D eigenvalue weighted by Crippen LogP contribution is 2.34. The number of nitrogens with one attached hydrogen (secondary N) is 1. The topological polar surface area (TPSA) is 99.2 Å². The van der Waals surface area contributed by atoms with Crippen molar-refractivity contribution in [2.24, 2.45) is 0 Å². The summed E-state index contributed by atoms with van der Waals surface area (Å²) in [6.07, 6.45) is 1.38. The fraction of sp³-hybridized carbons (Fsp3) is 0.286. The van der Waals surface area contributed by atoms with E-state index in [9.17, 15) is 9.59 Å². The van der Waals surface area contributed by atoms with Gasteiger partial charge < -0.3 is 10.0 Å². The molecule has 1 fully saturated rings. The Hall–Kier alpha value is -2.12. The third kappa shape index (κ3) is 2.89. The zero-order valence-electron chi connectivity index (χ0n) is 11.8. The number of carbonyl (C=O) groups is 2. The van der Waals surface area contributed by atoms with Gasteiger partial charge in [-0.25, -0.2) is 4.79 Å². The molecule has 2 heterocycles. The number of aromatic nitrogens is 3. The highest BCUT2D eigenvalue weighted by Gasteiger charge is 2.35. The minimum Gasteiger partial charge on any atom is -0.476 e. The zero-order valence-corrected chi connectivity index (χ0v) is 13.3.